The Morgan fingerprint density at radius 1 is 1.30 bits per heavy atom. The molecule has 1 aromatic heterocycles. The SMILES string of the molecule is CCOc1ccc(NC(=O)c2ccc(Cl)nn2)c(C)c1. The normalized spacial score (nSPS) is 10.2. The molecule has 0 saturated heterocycles. The number of aryl methyl sites for hydroxylation is 1. The molecule has 0 atom stereocenters. The van der Waals surface area contributed by atoms with Crippen molar-refractivity contribution in [1.82, 2.24) is 10.2 Å². The largest absolute Gasteiger partial charge is 0.494 e. The standard InChI is InChI=1S/C14H14ClN3O2/c1-3-20-10-4-5-11(9(2)8-10)16-14(19)12-6-7-13(15)18-17-12/h4-8H,3H2,1-2H3,(H,16,19). The Labute approximate surface area is 121 Å². The molecule has 0 aliphatic rings. The number of hydrogen-bond donors (Lipinski definition) is 1. The van der Waals surface area contributed by atoms with Gasteiger partial charge in [0, 0.05) is 5.69 Å². The lowest BCUT2D eigenvalue weighted by atomic mass is 10.2. The Hall–Kier alpha value is -2.14. The summed E-state index contributed by atoms with van der Waals surface area (Å²) in [6.45, 7) is 4.42. The zero-order valence-corrected chi connectivity index (χ0v) is 11.9. The first-order valence-electron chi connectivity index (χ1n) is 6.14. The molecule has 0 bridgehead atoms. The molecule has 0 saturated carbocycles. The van der Waals surface area contributed by atoms with Crippen LogP contribution in [0.25, 0.3) is 0 Å². The van der Waals surface area contributed by atoms with Gasteiger partial charge in [-0.25, -0.2) is 0 Å². The van der Waals surface area contributed by atoms with Crippen molar-refractivity contribution >= 4 is 23.2 Å². The molecule has 0 unspecified atom stereocenters. The Morgan fingerprint density at radius 3 is 2.70 bits per heavy atom. The molecule has 0 aliphatic heterocycles. The second kappa shape index (κ2) is 6.34. The van der Waals surface area contributed by atoms with E-state index in [4.69, 9.17) is 16.3 Å². The minimum Gasteiger partial charge on any atom is -0.494 e. The molecule has 2 rings (SSSR count). The lowest BCUT2D eigenvalue weighted by Gasteiger charge is -2.10. The third-order valence-electron chi connectivity index (χ3n) is 2.62. The van der Waals surface area contributed by atoms with Crippen molar-refractivity contribution in [3.63, 3.8) is 0 Å². The molecule has 104 valence electrons. The van der Waals surface area contributed by atoms with Crippen molar-refractivity contribution in [1.29, 1.82) is 0 Å². The third kappa shape index (κ3) is 3.45. The van der Waals surface area contributed by atoms with E-state index in [2.05, 4.69) is 15.5 Å². The maximum atomic E-state index is 12.0. The molecule has 20 heavy (non-hydrogen) atoms. The maximum absolute atomic E-state index is 12.0. The van der Waals surface area contributed by atoms with E-state index in [9.17, 15) is 4.79 Å². The Kier molecular flexibility index (Phi) is 4.53. The molecule has 1 amide bonds. The highest BCUT2D eigenvalue weighted by Crippen LogP contribution is 2.21. The average molecular weight is 292 g/mol. The molecule has 6 heteroatoms. The first kappa shape index (κ1) is 14.3. The Balaban J connectivity index is 2.13. The summed E-state index contributed by atoms with van der Waals surface area (Å²) in [7, 11) is 0. The van der Waals surface area contributed by atoms with Gasteiger partial charge in [0.15, 0.2) is 10.8 Å². The Bertz CT molecular complexity index is 614. The smallest absolute Gasteiger partial charge is 0.276 e. The van der Waals surface area contributed by atoms with E-state index in [0.29, 0.717) is 12.3 Å². The van der Waals surface area contributed by atoms with Gasteiger partial charge in [0.1, 0.15) is 5.75 Å². The van der Waals surface area contributed by atoms with E-state index in [1.165, 1.54) is 12.1 Å². The summed E-state index contributed by atoms with van der Waals surface area (Å²) in [5.41, 5.74) is 1.82. The van der Waals surface area contributed by atoms with Gasteiger partial charge < -0.3 is 10.1 Å². The number of halogens is 1. The van der Waals surface area contributed by atoms with Gasteiger partial charge in [-0.15, -0.1) is 10.2 Å². The molecule has 1 aromatic carbocycles. The molecular formula is C14H14ClN3O2. The van der Waals surface area contributed by atoms with Gasteiger partial charge in [0.2, 0.25) is 0 Å². The van der Waals surface area contributed by atoms with Crippen LogP contribution in [0.3, 0.4) is 0 Å². The summed E-state index contributed by atoms with van der Waals surface area (Å²) < 4.78 is 5.39. The lowest BCUT2D eigenvalue weighted by molar-refractivity contribution is 0.102. The Morgan fingerprint density at radius 2 is 2.10 bits per heavy atom. The first-order chi connectivity index (χ1) is 9.60. The maximum Gasteiger partial charge on any atom is 0.276 e. The molecule has 0 aliphatic carbocycles. The van der Waals surface area contributed by atoms with Gasteiger partial charge in [-0.1, -0.05) is 11.6 Å². The first-order valence-corrected chi connectivity index (χ1v) is 6.52. The quantitative estimate of drug-likeness (QED) is 0.940. The number of carbonyl (C=O) groups excluding carboxylic acids is 1. The highest BCUT2D eigenvalue weighted by Gasteiger charge is 2.10. The van der Waals surface area contributed by atoms with Gasteiger partial charge >= 0.3 is 0 Å². The molecule has 2 aromatic rings. The number of benzene rings is 1. The number of aromatic nitrogens is 2. The minimum absolute atomic E-state index is 0.211. The van der Waals surface area contributed by atoms with E-state index in [-0.39, 0.29) is 16.8 Å². The number of anilines is 1. The van der Waals surface area contributed by atoms with Crippen LogP contribution in [-0.4, -0.2) is 22.7 Å². The van der Waals surface area contributed by atoms with E-state index in [1.807, 2.05) is 19.9 Å². The molecular weight excluding hydrogens is 278 g/mol. The molecule has 5 nitrogen and oxygen atoms in total. The van der Waals surface area contributed by atoms with E-state index >= 15 is 0 Å². The van der Waals surface area contributed by atoms with Crippen molar-refractivity contribution in [3.8, 4) is 5.75 Å². The molecule has 0 radical (unpaired) electrons. The summed E-state index contributed by atoms with van der Waals surface area (Å²) in [6.07, 6.45) is 0. The fourth-order valence-corrected chi connectivity index (χ4v) is 1.76. The topological polar surface area (TPSA) is 64.1 Å². The van der Waals surface area contributed by atoms with Crippen LogP contribution in [0, 0.1) is 6.92 Å². The predicted octanol–water partition coefficient (Wildman–Crippen LogP) is 3.09. The van der Waals surface area contributed by atoms with Crippen LogP contribution in [0.15, 0.2) is 30.3 Å². The van der Waals surface area contributed by atoms with E-state index < -0.39 is 0 Å². The number of rotatable bonds is 4. The summed E-state index contributed by atoms with van der Waals surface area (Å²) >= 11 is 5.63. The summed E-state index contributed by atoms with van der Waals surface area (Å²) in [5.74, 6) is 0.440. The highest BCUT2D eigenvalue weighted by molar-refractivity contribution is 6.29. The number of carbonyl (C=O) groups is 1. The zero-order valence-electron chi connectivity index (χ0n) is 11.2. The predicted molar refractivity (Wildman–Crippen MR) is 77.3 cm³/mol. The summed E-state index contributed by atoms with van der Waals surface area (Å²) in [6, 6.07) is 8.51. The minimum atomic E-state index is -0.332. The van der Waals surface area contributed by atoms with Crippen molar-refractivity contribution in [2.24, 2.45) is 0 Å². The van der Waals surface area contributed by atoms with Crippen LogP contribution in [0.5, 0.6) is 5.75 Å². The zero-order chi connectivity index (χ0) is 14.5. The van der Waals surface area contributed by atoms with Crippen molar-refractivity contribution < 1.29 is 9.53 Å². The van der Waals surface area contributed by atoms with Crippen LogP contribution in [0.4, 0.5) is 5.69 Å². The van der Waals surface area contributed by atoms with Gasteiger partial charge in [0.25, 0.3) is 5.91 Å². The van der Waals surface area contributed by atoms with Gasteiger partial charge in [0.05, 0.1) is 6.61 Å². The van der Waals surface area contributed by atoms with Crippen LogP contribution in [-0.2, 0) is 0 Å². The van der Waals surface area contributed by atoms with Crippen LogP contribution in [0.1, 0.15) is 23.0 Å². The average Bonchev–Trinajstić information content (AvgIpc) is 2.43. The van der Waals surface area contributed by atoms with Gasteiger partial charge in [-0.3, -0.25) is 4.79 Å². The number of hydrogen-bond acceptors (Lipinski definition) is 4. The van der Waals surface area contributed by atoms with Crippen molar-refractivity contribution in [2.45, 2.75) is 13.8 Å². The van der Waals surface area contributed by atoms with E-state index in [1.54, 1.807) is 12.1 Å². The molecule has 0 spiro atoms. The van der Waals surface area contributed by atoms with Gasteiger partial charge in [-0.2, -0.15) is 0 Å². The van der Waals surface area contributed by atoms with Crippen molar-refractivity contribution in [3.05, 3.63) is 46.7 Å². The number of ether oxygens (including phenoxy) is 1. The van der Waals surface area contributed by atoms with Crippen molar-refractivity contribution in [2.75, 3.05) is 11.9 Å². The summed E-state index contributed by atoms with van der Waals surface area (Å²) in [4.78, 5) is 12.0. The number of amides is 1. The van der Waals surface area contributed by atoms with Gasteiger partial charge in [-0.05, 0) is 49.7 Å². The summed E-state index contributed by atoms with van der Waals surface area (Å²) in [5, 5.41) is 10.4. The monoisotopic (exact) mass is 291 g/mol. The molecule has 0 fully saturated rings. The third-order valence-corrected chi connectivity index (χ3v) is 2.82. The fraction of sp³-hybridized carbons (Fsp3) is 0.214. The van der Waals surface area contributed by atoms with Crippen LogP contribution in [0.2, 0.25) is 5.15 Å². The number of nitrogens with zero attached hydrogens (tertiary/aromatic N) is 2. The molecule has 1 N–H and O–H groups in total. The lowest BCUT2D eigenvalue weighted by Crippen LogP contribution is -2.15. The van der Waals surface area contributed by atoms with E-state index in [0.717, 1.165) is 11.3 Å². The van der Waals surface area contributed by atoms with Crippen LogP contribution < -0.4 is 10.1 Å². The second-order valence-electron chi connectivity index (χ2n) is 4.11. The van der Waals surface area contributed by atoms with Crippen LogP contribution >= 0.6 is 11.6 Å². The number of nitrogens with one attached hydrogen (secondary N) is 1. The second-order valence-corrected chi connectivity index (χ2v) is 4.49. The highest BCUT2D eigenvalue weighted by atomic mass is 35.5. The fourth-order valence-electron chi connectivity index (χ4n) is 1.66. The molecule has 1 heterocycles.